The highest BCUT2D eigenvalue weighted by atomic mass is 32.2. The van der Waals surface area contributed by atoms with Crippen LogP contribution >= 0.6 is 0 Å². The van der Waals surface area contributed by atoms with Crippen molar-refractivity contribution in [2.45, 2.75) is 25.4 Å². The third-order valence-corrected chi connectivity index (χ3v) is 1.07. The SMILES string of the molecule is NS(=O)(=O)O.OC1CCC1. The quantitative estimate of drug-likeness (QED) is 0.416. The van der Waals surface area contributed by atoms with Gasteiger partial charge < -0.3 is 5.11 Å². The van der Waals surface area contributed by atoms with Crippen LogP contribution < -0.4 is 5.14 Å². The van der Waals surface area contributed by atoms with Crippen molar-refractivity contribution >= 4 is 10.3 Å². The van der Waals surface area contributed by atoms with Gasteiger partial charge in [0.05, 0.1) is 6.10 Å². The Bertz CT molecular complexity index is 164. The first-order valence-corrected chi connectivity index (χ1v) is 4.33. The molecule has 5 nitrogen and oxygen atoms in total. The van der Waals surface area contributed by atoms with Crippen molar-refractivity contribution in [2.75, 3.05) is 0 Å². The fraction of sp³-hybridized carbons (Fsp3) is 1.00. The molecule has 0 atom stereocenters. The lowest BCUT2D eigenvalue weighted by atomic mass is 9.97. The first-order chi connectivity index (χ1) is 4.39. The van der Waals surface area contributed by atoms with E-state index in [1.165, 1.54) is 6.42 Å². The van der Waals surface area contributed by atoms with E-state index in [4.69, 9.17) is 18.1 Å². The first-order valence-electron chi connectivity index (χ1n) is 2.83. The van der Waals surface area contributed by atoms with Gasteiger partial charge in [-0.05, 0) is 19.3 Å². The normalized spacial score (nSPS) is 18.7. The summed E-state index contributed by atoms with van der Waals surface area (Å²) in [7, 11) is -4.17. The summed E-state index contributed by atoms with van der Waals surface area (Å²) >= 11 is 0. The smallest absolute Gasteiger partial charge is 0.330 e. The molecule has 0 bridgehead atoms. The highest BCUT2D eigenvalue weighted by molar-refractivity contribution is 7.83. The van der Waals surface area contributed by atoms with Gasteiger partial charge in [-0.2, -0.15) is 8.42 Å². The molecule has 0 aliphatic heterocycles. The van der Waals surface area contributed by atoms with Crippen molar-refractivity contribution in [3.8, 4) is 0 Å². The number of rotatable bonds is 0. The van der Waals surface area contributed by atoms with E-state index in [2.05, 4.69) is 5.14 Å². The van der Waals surface area contributed by atoms with Crippen LogP contribution in [-0.4, -0.2) is 24.2 Å². The summed E-state index contributed by atoms with van der Waals surface area (Å²) in [5.74, 6) is 0. The van der Waals surface area contributed by atoms with Crippen molar-refractivity contribution < 1.29 is 18.1 Å². The number of nitrogens with two attached hydrogens (primary N) is 1. The lowest BCUT2D eigenvalue weighted by molar-refractivity contribution is 0.0950. The lowest BCUT2D eigenvalue weighted by Crippen LogP contribution is -2.15. The summed E-state index contributed by atoms with van der Waals surface area (Å²) in [5.41, 5.74) is 0. The molecule has 0 amide bonds. The van der Waals surface area contributed by atoms with Crippen LogP contribution in [0.15, 0.2) is 0 Å². The van der Waals surface area contributed by atoms with Crippen LogP contribution in [0.3, 0.4) is 0 Å². The Kier molecular flexibility index (Phi) is 3.80. The highest BCUT2D eigenvalue weighted by Gasteiger charge is 2.11. The van der Waals surface area contributed by atoms with E-state index in [0.29, 0.717) is 0 Å². The molecule has 1 rings (SSSR count). The van der Waals surface area contributed by atoms with Crippen molar-refractivity contribution in [2.24, 2.45) is 5.14 Å². The molecule has 6 heteroatoms. The van der Waals surface area contributed by atoms with Gasteiger partial charge >= 0.3 is 10.3 Å². The van der Waals surface area contributed by atoms with Crippen molar-refractivity contribution in [1.29, 1.82) is 0 Å². The second kappa shape index (κ2) is 3.87. The molecule has 0 saturated heterocycles. The van der Waals surface area contributed by atoms with Crippen LogP contribution in [0.1, 0.15) is 19.3 Å². The Labute approximate surface area is 59.7 Å². The Morgan fingerprint density at radius 1 is 1.40 bits per heavy atom. The van der Waals surface area contributed by atoms with E-state index in [1.54, 1.807) is 0 Å². The van der Waals surface area contributed by atoms with Crippen LogP contribution in [0.25, 0.3) is 0 Å². The standard InChI is InChI=1S/C4H8O.H3NO3S/c5-4-2-1-3-4;1-5(2,3)4/h4-5H,1-3H2;(H3,1,2,3,4). The summed E-state index contributed by atoms with van der Waals surface area (Å²) in [6, 6.07) is 0. The van der Waals surface area contributed by atoms with Gasteiger partial charge in [0.25, 0.3) is 0 Å². The van der Waals surface area contributed by atoms with Gasteiger partial charge in [-0.1, -0.05) is 0 Å². The van der Waals surface area contributed by atoms with Gasteiger partial charge in [-0.25, -0.2) is 5.14 Å². The maximum absolute atomic E-state index is 8.97. The van der Waals surface area contributed by atoms with E-state index < -0.39 is 10.3 Å². The minimum absolute atomic E-state index is 0.0648. The first kappa shape index (κ1) is 9.83. The highest BCUT2D eigenvalue weighted by Crippen LogP contribution is 2.16. The van der Waals surface area contributed by atoms with Crippen LogP contribution in [-0.2, 0) is 10.3 Å². The summed E-state index contributed by atoms with van der Waals surface area (Å²) in [4.78, 5) is 0. The molecule has 10 heavy (non-hydrogen) atoms. The fourth-order valence-corrected chi connectivity index (χ4v) is 0.387. The van der Waals surface area contributed by atoms with Crippen molar-refractivity contribution in [3.63, 3.8) is 0 Å². The largest absolute Gasteiger partial charge is 0.393 e. The molecule has 1 fully saturated rings. The summed E-state index contributed by atoms with van der Waals surface area (Å²) < 4.78 is 25.2. The molecule has 4 N–H and O–H groups in total. The van der Waals surface area contributed by atoms with Gasteiger partial charge in [0.1, 0.15) is 0 Å². The van der Waals surface area contributed by atoms with E-state index in [-0.39, 0.29) is 6.10 Å². The summed E-state index contributed by atoms with van der Waals surface area (Å²) in [6.07, 6.45) is 3.39. The summed E-state index contributed by atoms with van der Waals surface area (Å²) in [6.45, 7) is 0. The van der Waals surface area contributed by atoms with Crippen LogP contribution in [0.5, 0.6) is 0 Å². The van der Waals surface area contributed by atoms with Gasteiger partial charge in [-0.15, -0.1) is 0 Å². The number of aliphatic hydroxyl groups is 1. The van der Waals surface area contributed by atoms with Gasteiger partial charge in [0.15, 0.2) is 0 Å². The average molecular weight is 169 g/mol. The molecule has 0 radical (unpaired) electrons. The predicted molar refractivity (Wildman–Crippen MR) is 35.6 cm³/mol. The maximum atomic E-state index is 8.97. The molecule has 0 aromatic heterocycles. The zero-order valence-electron chi connectivity index (χ0n) is 5.40. The second-order valence-electron chi connectivity index (χ2n) is 2.10. The monoisotopic (exact) mass is 169 g/mol. The lowest BCUT2D eigenvalue weighted by Gasteiger charge is -2.17. The third kappa shape index (κ3) is 10.7. The Balaban J connectivity index is 0.000000162. The van der Waals surface area contributed by atoms with E-state index in [1.807, 2.05) is 0 Å². The molecule has 0 aromatic rings. The molecule has 1 aliphatic rings. The molecule has 0 spiro atoms. The van der Waals surface area contributed by atoms with Crippen LogP contribution in [0.4, 0.5) is 0 Å². The third-order valence-electron chi connectivity index (χ3n) is 1.07. The molecule has 0 heterocycles. The Hall–Kier alpha value is -0.170. The topological polar surface area (TPSA) is 101 Å². The Morgan fingerprint density at radius 3 is 1.60 bits per heavy atom. The number of hydrogen-bond acceptors (Lipinski definition) is 3. The molecule has 1 saturated carbocycles. The van der Waals surface area contributed by atoms with Gasteiger partial charge in [-0.3, -0.25) is 4.55 Å². The summed E-state index contributed by atoms with van der Waals surface area (Å²) in [5, 5.41) is 12.3. The number of hydrogen-bond donors (Lipinski definition) is 3. The van der Waals surface area contributed by atoms with E-state index >= 15 is 0 Å². The second-order valence-corrected chi connectivity index (χ2v) is 3.13. The Morgan fingerprint density at radius 2 is 1.60 bits per heavy atom. The van der Waals surface area contributed by atoms with Crippen LogP contribution in [0, 0.1) is 0 Å². The molecule has 0 unspecified atom stereocenters. The van der Waals surface area contributed by atoms with Crippen LogP contribution in [0.2, 0.25) is 0 Å². The zero-order chi connectivity index (χ0) is 8.20. The molecule has 0 aromatic carbocycles. The minimum Gasteiger partial charge on any atom is -0.393 e. The van der Waals surface area contributed by atoms with Gasteiger partial charge in [0, 0.05) is 0 Å². The van der Waals surface area contributed by atoms with E-state index in [0.717, 1.165) is 12.8 Å². The number of aliphatic hydroxyl groups excluding tert-OH is 1. The van der Waals surface area contributed by atoms with Gasteiger partial charge in [0.2, 0.25) is 0 Å². The zero-order valence-corrected chi connectivity index (χ0v) is 6.21. The fourth-order valence-electron chi connectivity index (χ4n) is 0.387. The average Bonchev–Trinajstić information content (AvgIpc) is 1.56. The van der Waals surface area contributed by atoms with E-state index in [9.17, 15) is 0 Å². The molecular weight excluding hydrogens is 158 g/mol. The van der Waals surface area contributed by atoms with Crippen molar-refractivity contribution in [1.82, 2.24) is 0 Å². The molecular formula is C4H11NO4S. The predicted octanol–water partition coefficient (Wildman–Crippen LogP) is -0.721. The van der Waals surface area contributed by atoms with Crippen molar-refractivity contribution in [3.05, 3.63) is 0 Å². The molecule has 62 valence electrons. The molecule has 1 aliphatic carbocycles. The minimum atomic E-state index is -4.17. The maximum Gasteiger partial charge on any atom is 0.330 e.